The van der Waals surface area contributed by atoms with Crippen molar-refractivity contribution in [3.8, 4) is 0 Å². The maximum atomic E-state index is 10.6. The summed E-state index contributed by atoms with van der Waals surface area (Å²) < 4.78 is 9.15. The highest BCUT2D eigenvalue weighted by Gasteiger charge is 1.96. The largest absolute Gasteiger partial charge is 0.433 e. The van der Waals surface area contributed by atoms with Crippen LogP contribution < -0.4 is 0 Å². The van der Waals surface area contributed by atoms with E-state index in [4.69, 9.17) is 0 Å². The molecule has 0 aromatic heterocycles. The molecule has 0 bridgehead atoms. The minimum absolute atomic E-state index is 0.00375. The second-order valence-electron chi connectivity index (χ2n) is 2.12. The van der Waals surface area contributed by atoms with E-state index in [0.29, 0.717) is 0 Å². The third-order valence-electron chi connectivity index (χ3n) is 0.688. The van der Waals surface area contributed by atoms with Gasteiger partial charge in [0.2, 0.25) is 0 Å². The van der Waals surface area contributed by atoms with Crippen LogP contribution >= 0.6 is 0 Å². The molecule has 0 rings (SSSR count). The van der Waals surface area contributed by atoms with Crippen LogP contribution in [-0.2, 0) is 14.3 Å². The van der Waals surface area contributed by atoms with Crippen molar-refractivity contribution in [3.63, 3.8) is 0 Å². The topological polar surface area (TPSA) is 35.5 Å². The minimum atomic E-state index is -0.372. The molecule has 0 saturated heterocycles. The van der Waals surface area contributed by atoms with Crippen LogP contribution in [0, 0.1) is 0 Å². The summed E-state index contributed by atoms with van der Waals surface area (Å²) in [5.41, 5.74) is 0.949. The van der Waals surface area contributed by atoms with Gasteiger partial charge in [-0.1, -0.05) is 0 Å². The quantitative estimate of drug-likeness (QED) is 0.439. The van der Waals surface area contributed by atoms with Gasteiger partial charge in [-0.05, 0) is 19.4 Å². The Labute approximate surface area is 60.6 Å². The Morgan fingerprint density at radius 1 is 1.50 bits per heavy atom. The first-order valence-electron chi connectivity index (χ1n) is 2.98. The van der Waals surface area contributed by atoms with Gasteiger partial charge in [0.15, 0.2) is 0 Å². The third kappa shape index (κ3) is 5.31. The van der Waals surface area contributed by atoms with Crippen molar-refractivity contribution in [1.29, 1.82) is 0 Å². The van der Waals surface area contributed by atoms with Crippen molar-refractivity contribution in [1.82, 2.24) is 0 Å². The molecule has 0 radical (unpaired) electrons. The SMILES string of the molecule is COCC(=O)OC=C(C)C. The van der Waals surface area contributed by atoms with E-state index in [0.717, 1.165) is 5.57 Å². The lowest BCUT2D eigenvalue weighted by Crippen LogP contribution is -2.07. The Balaban J connectivity index is 3.49. The number of hydrogen-bond acceptors (Lipinski definition) is 3. The Hall–Kier alpha value is -0.830. The van der Waals surface area contributed by atoms with Gasteiger partial charge in [-0.15, -0.1) is 0 Å². The number of carbonyl (C=O) groups is 1. The molecule has 0 aliphatic carbocycles. The molecule has 3 nitrogen and oxygen atoms in total. The first kappa shape index (κ1) is 9.17. The number of esters is 1. The molecular weight excluding hydrogens is 132 g/mol. The highest BCUT2D eigenvalue weighted by molar-refractivity contribution is 5.71. The molecule has 0 aromatic carbocycles. The van der Waals surface area contributed by atoms with Crippen molar-refractivity contribution in [2.75, 3.05) is 13.7 Å². The molecule has 0 saturated carbocycles. The Kier molecular flexibility index (Phi) is 4.58. The molecule has 0 fully saturated rings. The van der Waals surface area contributed by atoms with Gasteiger partial charge in [0.25, 0.3) is 0 Å². The number of methoxy groups -OCH3 is 1. The first-order valence-corrected chi connectivity index (χ1v) is 2.98. The first-order chi connectivity index (χ1) is 4.66. The Bertz CT molecular complexity index is 134. The van der Waals surface area contributed by atoms with Gasteiger partial charge in [-0.2, -0.15) is 0 Å². The number of rotatable bonds is 3. The van der Waals surface area contributed by atoms with Crippen LogP contribution in [0.5, 0.6) is 0 Å². The number of carbonyl (C=O) groups excluding carboxylic acids is 1. The van der Waals surface area contributed by atoms with Crippen LogP contribution in [0.2, 0.25) is 0 Å². The fraction of sp³-hybridized carbons (Fsp3) is 0.571. The van der Waals surface area contributed by atoms with E-state index in [2.05, 4.69) is 9.47 Å². The number of ether oxygens (including phenoxy) is 2. The third-order valence-corrected chi connectivity index (χ3v) is 0.688. The zero-order valence-corrected chi connectivity index (χ0v) is 6.51. The van der Waals surface area contributed by atoms with Crippen LogP contribution in [0.1, 0.15) is 13.8 Å². The van der Waals surface area contributed by atoms with Crippen LogP contribution in [0.4, 0.5) is 0 Å². The van der Waals surface area contributed by atoms with Gasteiger partial charge in [0.1, 0.15) is 6.61 Å². The Morgan fingerprint density at radius 3 is 2.50 bits per heavy atom. The molecule has 0 atom stereocenters. The highest BCUT2D eigenvalue weighted by Crippen LogP contribution is 1.89. The summed E-state index contributed by atoms with van der Waals surface area (Å²) in [6.45, 7) is 3.70. The van der Waals surface area contributed by atoms with Crippen LogP contribution in [0.3, 0.4) is 0 Å². The van der Waals surface area contributed by atoms with Crippen molar-refractivity contribution in [2.24, 2.45) is 0 Å². The Morgan fingerprint density at radius 2 is 2.10 bits per heavy atom. The molecule has 0 unspecified atom stereocenters. The van der Waals surface area contributed by atoms with Gasteiger partial charge in [-0.25, -0.2) is 4.79 Å². The lowest BCUT2D eigenvalue weighted by atomic mass is 10.4. The zero-order valence-electron chi connectivity index (χ0n) is 6.51. The predicted octanol–water partition coefficient (Wildman–Crippen LogP) is 1.10. The smallest absolute Gasteiger partial charge is 0.336 e. The highest BCUT2D eigenvalue weighted by atomic mass is 16.6. The zero-order chi connectivity index (χ0) is 7.98. The minimum Gasteiger partial charge on any atom is -0.433 e. The molecule has 58 valence electrons. The summed E-state index contributed by atoms with van der Waals surface area (Å²) in [5.74, 6) is -0.372. The van der Waals surface area contributed by atoms with E-state index in [1.165, 1.54) is 13.4 Å². The average molecular weight is 144 g/mol. The van der Waals surface area contributed by atoms with Gasteiger partial charge in [0.05, 0.1) is 6.26 Å². The summed E-state index contributed by atoms with van der Waals surface area (Å²) in [6.07, 6.45) is 1.40. The van der Waals surface area contributed by atoms with Crippen molar-refractivity contribution in [3.05, 3.63) is 11.8 Å². The number of hydrogen-bond donors (Lipinski definition) is 0. The lowest BCUT2D eigenvalue weighted by molar-refractivity contribution is -0.142. The van der Waals surface area contributed by atoms with E-state index < -0.39 is 0 Å². The van der Waals surface area contributed by atoms with E-state index in [1.54, 1.807) is 0 Å². The summed E-state index contributed by atoms with van der Waals surface area (Å²) >= 11 is 0. The lowest BCUT2D eigenvalue weighted by Gasteiger charge is -1.96. The van der Waals surface area contributed by atoms with Gasteiger partial charge < -0.3 is 9.47 Å². The average Bonchev–Trinajstić information content (AvgIpc) is 1.85. The van der Waals surface area contributed by atoms with Gasteiger partial charge >= 0.3 is 5.97 Å². The van der Waals surface area contributed by atoms with Crippen LogP contribution in [-0.4, -0.2) is 19.7 Å². The fourth-order valence-corrected chi connectivity index (χ4v) is 0.335. The second-order valence-corrected chi connectivity index (χ2v) is 2.12. The van der Waals surface area contributed by atoms with E-state index in [1.807, 2.05) is 13.8 Å². The molecule has 0 N–H and O–H groups in total. The fourth-order valence-electron chi connectivity index (χ4n) is 0.335. The van der Waals surface area contributed by atoms with E-state index in [9.17, 15) is 4.79 Å². The molecule has 0 aliphatic rings. The summed E-state index contributed by atoms with van der Waals surface area (Å²) in [4.78, 5) is 10.6. The maximum Gasteiger partial charge on any atom is 0.336 e. The molecule has 0 amide bonds. The number of allylic oxidation sites excluding steroid dienone is 1. The standard InChI is InChI=1S/C7H12O3/c1-6(2)4-10-7(8)5-9-3/h4H,5H2,1-3H3. The van der Waals surface area contributed by atoms with E-state index in [-0.39, 0.29) is 12.6 Å². The van der Waals surface area contributed by atoms with Crippen molar-refractivity contribution >= 4 is 5.97 Å². The second kappa shape index (κ2) is 4.99. The summed E-state index contributed by atoms with van der Waals surface area (Å²) in [6, 6.07) is 0. The van der Waals surface area contributed by atoms with Crippen molar-refractivity contribution in [2.45, 2.75) is 13.8 Å². The predicted molar refractivity (Wildman–Crippen MR) is 37.4 cm³/mol. The molecule has 0 aromatic rings. The molecule has 10 heavy (non-hydrogen) atoms. The summed E-state index contributed by atoms with van der Waals surface area (Å²) in [7, 11) is 1.45. The van der Waals surface area contributed by atoms with Gasteiger partial charge in [-0.3, -0.25) is 0 Å². The van der Waals surface area contributed by atoms with E-state index >= 15 is 0 Å². The molecule has 0 spiro atoms. The van der Waals surface area contributed by atoms with Crippen LogP contribution in [0.15, 0.2) is 11.8 Å². The molecular formula is C7H12O3. The normalized spacial score (nSPS) is 8.70. The molecule has 0 heterocycles. The van der Waals surface area contributed by atoms with Gasteiger partial charge in [0, 0.05) is 7.11 Å². The molecule has 0 aliphatic heterocycles. The summed E-state index contributed by atoms with van der Waals surface area (Å²) in [5, 5.41) is 0. The van der Waals surface area contributed by atoms with Crippen LogP contribution in [0.25, 0.3) is 0 Å². The van der Waals surface area contributed by atoms with Crippen molar-refractivity contribution < 1.29 is 14.3 Å². The molecule has 3 heteroatoms. The maximum absolute atomic E-state index is 10.6. The monoisotopic (exact) mass is 144 g/mol.